The third-order valence-electron chi connectivity index (χ3n) is 7.74. The lowest BCUT2D eigenvalue weighted by atomic mass is 10.00. The summed E-state index contributed by atoms with van der Waals surface area (Å²) in [5.41, 5.74) is 0. The zero-order chi connectivity index (χ0) is 31.5. The van der Waals surface area contributed by atoms with Crippen LogP contribution in [0.2, 0.25) is 0 Å². The monoisotopic (exact) mass is 598 g/mol. The molecule has 1 heterocycles. The Balaban J connectivity index is 2.47. The molecule has 1 aliphatic rings. The smallest absolute Gasteiger partial charge is 0.306 e. The van der Waals surface area contributed by atoms with Crippen LogP contribution in [0.5, 0.6) is 0 Å². The first-order valence-electron chi connectivity index (χ1n) is 16.0. The number of ether oxygens (including phenoxy) is 2. The van der Waals surface area contributed by atoms with E-state index in [1.807, 2.05) is 13.8 Å². The van der Waals surface area contributed by atoms with Crippen molar-refractivity contribution in [1.82, 2.24) is 10.2 Å². The molecular formula is C32H58N2O8. The number of likely N-dealkylation sites (N-methyl/N-ethyl adjacent to an activating group) is 1. The van der Waals surface area contributed by atoms with Crippen molar-refractivity contribution in [3.8, 4) is 0 Å². The fraction of sp³-hybridized carbons (Fsp3) is 0.844. The van der Waals surface area contributed by atoms with E-state index in [2.05, 4.69) is 12.2 Å². The quantitative estimate of drug-likeness (QED) is 0.0890. The summed E-state index contributed by atoms with van der Waals surface area (Å²) in [5.74, 6) is -1.29. The number of rotatable bonds is 21. The highest BCUT2D eigenvalue weighted by Crippen LogP contribution is 2.18. The number of esters is 1. The Bertz CT molecular complexity index is 805. The van der Waals surface area contributed by atoms with Gasteiger partial charge in [-0.3, -0.25) is 14.4 Å². The molecule has 1 aliphatic heterocycles. The number of nitrogens with zero attached hydrogens (tertiary/aromatic N) is 1. The lowest BCUT2D eigenvalue weighted by molar-refractivity contribution is -0.151. The van der Waals surface area contributed by atoms with Crippen molar-refractivity contribution in [2.45, 2.75) is 147 Å². The molecule has 10 nitrogen and oxygen atoms in total. The van der Waals surface area contributed by atoms with Gasteiger partial charge in [-0.2, -0.15) is 0 Å². The van der Waals surface area contributed by atoms with E-state index in [0.717, 1.165) is 19.3 Å². The van der Waals surface area contributed by atoms with Crippen LogP contribution in [0.25, 0.3) is 0 Å². The van der Waals surface area contributed by atoms with E-state index in [1.165, 1.54) is 69.5 Å². The molecule has 0 aromatic carbocycles. The standard InChI is InChI=1S/C32H58N2O8/c1-6-7-8-9-10-11-12-13-14-15-16-17-27(36)42-24-19-20-25(32(40)34(4)22-24)33-31(39)30(41-5)29(38)28(37)26(35)21-18-23(2)3/h18,21,23-26,28-30,35,37-38H,6-17,19-20,22H2,1-5H3,(H,33,39)/b21-18+/t24-,25-,26+,28-,29+,30?/m0/s1. The Morgan fingerprint density at radius 2 is 1.50 bits per heavy atom. The van der Waals surface area contributed by atoms with Crippen molar-refractivity contribution >= 4 is 17.8 Å². The molecule has 0 aliphatic carbocycles. The molecule has 0 aromatic heterocycles. The average Bonchev–Trinajstić information content (AvgIpc) is 3.07. The fourth-order valence-electron chi connectivity index (χ4n) is 5.12. The third-order valence-corrected chi connectivity index (χ3v) is 7.74. The summed E-state index contributed by atoms with van der Waals surface area (Å²) in [6, 6.07) is -0.911. The highest BCUT2D eigenvalue weighted by Gasteiger charge is 2.38. The maximum Gasteiger partial charge on any atom is 0.306 e. The summed E-state index contributed by atoms with van der Waals surface area (Å²) in [6.45, 7) is 6.23. The van der Waals surface area contributed by atoms with Gasteiger partial charge in [0.1, 0.15) is 30.5 Å². The van der Waals surface area contributed by atoms with Gasteiger partial charge in [0.25, 0.3) is 5.91 Å². The number of allylic oxidation sites excluding steroid dienone is 1. The van der Waals surface area contributed by atoms with Gasteiger partial charge in [0.2, 0.25) is 5.91 Å². The van der Waals surface area contributed by atoms with Crippen LogP contribution in [0, 0.1) is 5.92 Å². The Morgan fingerprint density at radius 3 is 2.05 bits per heavy atom. The molecule has 244 valence electrons. The molecule has 0 aromatic rings. The zero-order valence-electron chi connectivity index (χ0n) is 26.6. The second-order valence-corrected chi connectivity index (χ2v) is 12.0. The molecule has 1 unspecified atom stereocenters. The lowest BCUT2D eigenvalue weighted by Gasteiger charge is -2.28. The van der Waals surface area contributed by atoms with Crippen molar-refractivity contribution in [2.24, 2.45) is 5.92 Å². The van der Waals surface area contributed by atoms with Gasteiger partial charge in [-0.25, -0.2) is 0 Å². The highest BCUT2D eigenvalue weighted by atomic mass is 16.5. The Hall–Kier alpha value is -2.01. The summed E-state index contributed by atoms with van der Waals surface area (Å²) in [7, 11) is 2.78. The van der Waals surface area contributed by atoms with Crippen molar-refractivity contribution in [1.29, 1.82) is 0 Å². The number of likely N-dealkylation sites (tertiary alicyclic amines) is 1. The molecule has 1 rings (SSSR count). The zero-order valence-corrected chi connectivity index (χ0v) is 26.6. The van der Waals surface area contributed by atoms with E-state index >= 15 is 0 Å². The number of unbranched alkanes of at least 4 members (excludes halogenated alkanes) is 10. The Labute approximate surface area is 253 Å². The number of amides is 2. The topological polar surface area (TPSA) is 146 Å². The lowest BCUT2D eigenvalue weighted by Crippen LogP contribution is -2.55. The van der Waals surface area contributed by atoms with Crippen LogP contribution >= 0.6 is 0 Å². The summed E-state index contributed by atoms with van der Waals surface area (Å²) in [4.78, 5) is 39.7. The molecule has 0 saturated carbocycles. The van der Waals surface area contributed by atoms with Crippen LogP contribution in [0.15, 0.2) is 12.2 Å². The second kappa shape index (κ2) is 21.6. The first kappa shape index (κ1) is 38.0. The van der Waals surface area contributed by atoms with Gasteiger partial charge in [0.05, 0.1) is 6.54 Å². The SMILES string of the molecule is CCCCCCCCCCCCCC(=O)O[C@H]1CC[C@H](NC(=O)C(OC)[C@H](O)[C@@H](O)[C@H](O)/C=C/C(C)C)C(=O)N(C)C1. The molecule has 4 N–H and O–H groups in total. The summed E-state index contributed by atoms with van der Waals surface area (Å²) in [6.07, 6.45) is 10.4. The normalized spacial score (nSPS) is 20.8. The van der Waals surface area contributed by atoms with E-state index < -0.39 is 42.5 Å². The van der Waals surface area contributed by atoms with Crippen molar-refractivity contribution in [2.75, 3.05) is 20.7 Å². The number of aliphatic hydroxyl groups excluding tert-OH is 3. The molecule has 2 amide bonds. The number of aliphatic hydroxyl groups is 3. The maximum absolute atomic E-state index is 12.9. The number of nitrogens with one attached hydrogen (secondary N) is 1. The summed E-state index contributed by atoms with van der Waals surface area (Å²) >= 11 is 0. The fourth-order valence-corrected chi connectivity index (χ4v) is 5.12. The van der Waals surface area contributed by atoms with E-state index in [4.69, 9.17) is 9.47 Å². The molecule has 1 saturated heterocycles. The second-order valence-electron chi connectivity index (χ2n) is 12.0. The largest absolute Gasteiger partial charge is 0.460 e. The minimum Gasteiger partial charge on any atom is -0.460 e. The van der Waals surface area contributed by atoms with Gasteiger partial charge in [0, 0.05) is 20.6 Å². The Morgan fingerprint density at radius 1 is 0.929 bits per heavy atom. The highest BCUT2D eigenvalue weighted by molar-refractivity contribution is 5.89. The van der Waals surface area contributed by atoms with Gasteiger partial charge >= 0.3 is 5.97 Å². The third kappa shape index (κ3) is 14.9. The van der Waals surface area contributed by atoms with Gasteiger partial charge < -0.3 is 35.0 Å². The van der Waals surface area contributed by atoms with E-state index in [9.17, 15) is 29.7 Å². The maximum atomic E-state index is 12.9. The molecule has 1 fully saturated rings. The van der Waals surface area contributed by atoms with Gasteiger partial charge in [0.15, 0.2) is 6.10 Å². The minimum absolute atomic E-state index is 0.122. The first-order chi connectivity index (χ1) is 20.0. The van der Waals surface area contributed by atoms with Crippen molar-refractivity contribution in [3.05, 3.63) is 12.2 Å². The van der Waals surface area contributed by atoms with E-state index in [-0.39, 0.29) is 30.8 Å². The molecule has 0 bridgehead atoms. The van der Waals surface area contributed by atoms with Crippen LogP contribution in [0.1, 0.15) is 111 Å². The summed E-state index contributed by atoms with van der Waals surface area (Å²) in [5, 5.41) is 33.6. The van der Waals surface area contributed by atoms with Crippen LogP contribution in [0.3, 0.4) is 0 Å². The number of hydrogen-bond donors (Lipinski definition) is 4. The first-order valence-corrected chi connectivity index (χ1v) is 16.0. The summed E-state index contributed by atoms with van der Waals surface area (Å²) < 4.78 is 10.8. The predicted octanol–water partition coefficient (Wildman–Crippen LogP) is 3.65. The molecule has 10 heteroatoms. The molecule has 42 heavy (non-hydrogen) atoms. The average molecular weight is 599 g/mol. The molecular weight excluding hydrogens is 540 g/mol. The number of carbonyl (C=O) groups is 3. The number of carbonyl (C=O) groups excluding carboxylic acids is 3. The van der Waals surface area contributed by atoms with Gasteiger partial charge in [-0.05, 0) is 25.2 Å². The minimum atomic E-state index is -1.73. The molecule has 0 radical (unpaired) electrons. The van der Waals surface area contributed by atoms with Crippen molar-refractivity contribution in [3.63, 3.8) is 0 Å². The van der Waals surface area contributed by atoms with Crippen LogP contribution in [-0.2, 0) is 23.9 Å². The molecule has 0 spiro atoms. The van der Waals surface area contributed by atoms with Crippen LogP contribution in [-0.4, -0.2) is 95.3 Å². The van der Waals surface area contributed by atoms with Gasteiger partial charge in [-0.1, -0.05) is 97.1 Å². The predicted molar refractivity (Wildman–Crippen MR) is 163 cm³/mol. The Kier molecular flexibility index (Phi) is 19.6. The van der Waals surface area contributed by atoms with Gasteiger partial charge in [-0.15, -0.1) is 0 Å². The van der Waals surface area contributed by atoms with Crippen LogP contribution < -0.4 is 5.32 Å². The van der Waals surface area contributed by atoms with Crippen LogP contribution in [0.4, 0.5) is 0 Å². The van der Waals surface area contributed by atoms with E-state index in [1.54, 1.807) is 13.1 Å². The van der Waals surface area contributed by atoms with E-state index in [0.29, 0.717) is 12.8 Å². The number of hydrogen-bond acceptors (Lipinski definition) is 8. The molecule has 6 atom stereocenters. The number of methoxy groups -OCH3 is 1. The van der Waals surface area contributed by atoms with Crippen molar-refractivity contribution < 1.29 is 39.2 Å².